The zero-order valence-electron chi connectivity index (χ0n) is 5.45. The summed E-state index contributed by atoms with van der Waals surface area (Å²) in [5, 5.41) is 0. The predicted molar refractivity (Wildman–Crippen MR) is 43.5 cm³/mol. The molecule has 0 aromatic heterocycles. The van der Waals surface area contributed by atoms with E-state index in [1.807, 2.05) is 0 Å². The maximum absolute atomic E-state index is 6.22. The normalized spacial score (nSPS) is 41.2. The molecule has 48 valence electrons. The van der Waals surface area contributed by atoms with Crippen molar-refractivity contribution in [2.45, 2.75) is 19.0 Å². The Morgan fingerprint density at radius 3 is 2.50 bits per heavy atom. The third-order valence-electron chi connectivity index (χ3n) is 1.92. The molecule has 1 fully saturated rings. The largest absolute Gasteiger partial charge is 0.341 e. The molecule has 0 N–H and O–H groups in total. The van der Waals surface area contributed by atoms with Crippen LogP contribution in [0.15, 0.2) is 0 Å². The number of hydrogen-bond donors (Lipinski definition) is 0. The van der Waals surface area contributed by atoms with Crippen molar-refractivity contribution in [3.63, 3.8) is 0 Å². The van der Waals surface area contributed by atoms with Crippen LogP contribution >= 0.6 is 11.1 Å². The van der Waals surface area contributed by atoms with E-state index in [1.54, 1.807) is 0 Å². The van der Waals surface area contributed by atoms with Crippen molar-refractivity contribution in [3.05, 3.63) is 0 Å². The van der Waals surface area contributed by atoms with Crippen LogP contribution < -0.4 is 0 Å². The summed E-state index contributed by atoms with van der Waals surface area (Å²) in [6.45, 7) is 3.52. The van der Waals surface area contributed by atoms with Crippen molar-refractivity contribution in [2.24, 2.45) is 0 Å². The molecule has 1 atom stereocenters. The highest BCUT2D eigenvalue weighted by Crippen LogP contribution is 2.26. The second-order valence-corrected chi connectivity index (χ2v) is 10.6. The molecule has 0 aliphatic carbocycles. The first-order valence-electron chi connectivity index (χ1n) is 3.03. The average molecular weight is 166 g/mol. The maximum atomic E-state index is 6.22. The lowest BCUT2D eigenvalue weighted by Crippen LogP contribution is -2.38. The molecule has 0 amide bonds. The fourth-order valence-corrected chi connectivity index (χ4v) is 4.51. The summed E-state index contributed by atoms with van der Waals surface area (Å²) in [5.74, 6) is 0. The van der Waals surface area contributed by atoms with Crippen molar-refractivity contribution < 1.29 is 0 Å². The molecule has 1 aliphatic heterocycles. The SMILES string of the molecule is C[Si]1(Cl)CCCN1[SiH3]. The highest BCUT2D eigenvalue weighted by Gasteiger charge is 2.33. The van der Waals surface area contributed by atoms with Crippen molar-refractivity contribution in [2.75, 3.05) is 6.54 Å². The van der Waals surface area contributed by atoms with Crippen molar-refractivity contribution in [1.82, 2.24) is 4.23 Å². The molecule has 0 aromatic rings. The van der Waals surface area contributed by atoms with E-state index >= 15 is 0 Å². The minimum absolute atomic E-state index is 1.17. The van der Waals surface area contributed by atoms with Gasteiger partial charge < -0.3 is 4.23 Å². The number of hydrogen-bond acceptors (Lipinski definition) is 1. The monoisotopic (exact) mass is 165 g/mol. The Kier molecular flexibility index (Phi) is 1.81. The van der Waals surface area contributed by atoms with Gasteiger partial charge in [0.05, 0.1) is 10.4 Å². The fourth-order valence-electron chi connectivity index (χ4n) is 1.06. The first-order valence-corrected chi connectivity index (χ1v) is 7.59. The van der Waals surface area contributed by atoms with Crippen LogP contribution in [0, 0.1) is 0 Å². The summed E-state index contributed by atoms with van der Waals surface area (Å²) < 4.78 is 2.47. The van der Waals surface area contributed by atoms with Gasteiger partial charge in [0.1, 0.15) is 0 Å². The van der Waals surface area contributed by atoms with Crippen LogP contribution in [0.25, 0.3) is 0 Å². The van der Waals surface area contributed by atoms with Gasteiger partial charge >= 0.3 is 0 Å². The minimum atomic E-state index is -1.28. The molecule has 4 heteroatoms. The van der Waals surface area contributed by atoms with Crippen LogP contribution in [-0.4, -0.2) is 28.7 Å². The smallest absolute Gasteiger partial charge is 0.219 e. The lowest BCUT2D eigenvalue weighted by molar-refractivity contribution is 0.714. The van der Waals surface area contributed by atoms with E-state index in [1.165, 1.54) is 29.4 Å². The molecule has 1 unspecified atom stereocenters. The van der Waals surface area contributed by atoms with Gasteiger partial charge in [0, 0.05) is 0 Å². The summed E-state index contributed by atoms with van der Waals surface area (Å²) in [7, 11) is -0.102. The van der Waals surface area contributed by atoms with Crippen LogP contribution in [0.4, 0.5) is 0 Å². The molecule has 0 saturated carbocycles. The Labute approximate surface area is 59.3 Å². The zero-order valence-corrected chi connectivity index (χ0v) is 9.20. The Balaban J connectivity index is 2.54. The van der Waals surface area contributed by atoms with Crippen molar-refractivity contribution >= 4 is 29.0 Å². The van der Waals surface area contributed by atoms with E-state index < -0.39 is 7.55 Å². The fraction of sp³-hybridized carbons (Fsp3) is 1.00. The summed E-state index contributed by atoms with van der Waals surface area (Å²) >= 11 is 6.22. The number of halogens is 1. The van der Waals surface area contributed by atoms with Crippen LogP contribution in [0.1, 0.15) is 6.42 Å². The van der Waals surface area contributed by atoms with E-state index in [0.29, 0.717) is 0 Å². The standard InChI is InChI=1S/C4H12ClNSi2/c1-8(5)4-2-3-6(8)7/h2-4H2,1,7H3. The van der Waals surface area contributed by atoms with Crippen LogP contribution in [0.2, 0.25) is 12.6 Å². The summed E-state index contributed by atoms with van der Waals surface area (Å²) in [4.78, 5) is 0. The highest BCUT2D eigenvalue weighted by molar-refractivity contribution is 7.19. The zero-order chi connectivity index (χ0) is 6.20. The van der Waals surface area contributed by atoms with Crippen LogP contribution in [0.5, 0.6) is 0 Å². The molecule has 0 spiro atoms. The Bertz CT molecular complexity index is 96.0. The van der Waals surface area contributed by atoms with Gasteiger partial charge in [-0.1, -0.05) is 0 Å². The molecule has 1 saturated heterocycles. The second kappa shape index (κ2) is 2.13. The molecular formula is C4H12ClNSi2. The van der Waals surface area contributed by atoms with Gasteiger partial charge in [-0.05, 0) is 25.6 Å². The second-order valence-electron chi connectivity index (χ2n) is 2.67. The van der Waals surface area contributed by atoms with Crippen LogP contribution in [-0.2, 0) is 0 Å². The van der Waals surface area contributed by atoms with Crippen molar-refractivity contribution in [1.29, 1.82) is 0 Å². The molecule has 0 aromatic carbocycles. The van der Waals surface area contributed by atoms with Gasteiger partial charge in [-0.25, -0.2) is 0 Å². The van der Waals surface area contributed by atoms with Gasteiger partial charge in [0.25, 0.3) is 0 Å². The molecule has 0 radical (unpaired) electrons. The summed E-state index contributed by atoms with van der Waals surface area (Å²) in [6, 6.07) is 1.30. The average Bonchev–Trinajstić information content (AvgIpc) is 1.86. The van der Waals surface area contributed by atoms with E-state index in [0.717, 1.165) is 0 Å². The maximum Gasteiger partial charge on any atom is 0.219 e. The first-order chi connectivity index (χ1) is 3.63. The van der Waals surface area contributed by atoms with Gasteiger partial charge in [0.15, 0.2) is 0 Å². The topological polar surface area (TPSA) is 3.24 Å². The number of rotatable bonds is 0. The Hall–Kier alpha value is 0.684. The molecule has 1 nitrogen and oxygen atoms in total. The third-order valence-corrected chi connectivity index (χ3v) is 10.7. The number of nitrogens with zero attached hydrogens (tertiary/aromatic N) is 1. The molecule has 0 bridgehead atoms. The van der Waals surface area contributed by atoms with Gasteiger partial charge in [-0.2, -0.15) is 0 Å². The summed E-state index contributed by atoms with van der Waals surface area (Å²) in [6.07, 6.45) is 1.34. The summed E-state index contributed by atoms with van der Waals surface area (Å²) in [5.41, 5.74) is 0. The van der Waals surface area contributed by atoms with E-state index in [-0.39, 0.29) is 0 Å². The van der Waals surface area contributed by atoms with Gasteiger partial charge in [-0.3, -0.25) is 0 Å². The molecule has 8 heavy (non-hydrogen) atoms. The lowest BCUT2D eigenvalue weighted by atomic mass is 10.5. The highest BCUT2D eigenvalue weighted by atomic mass is 35.6. The first kappa shape index (κ1) is 6.80. The molecule has 1 heterocycles. The van der Waals surface area contributed by atoms with E-state index in [9.17, 15) is 0 Å². The Morgan fingerprint density at radius 1 is 1.75 bits per heavy atom. The quantitative estimate of drug-likeness (QED) is 0.369. The van der Waals surface area contributed by atoms with Gasteiger partial charge in [-0.15, -0.1) is 11.1 Å². The van der Waals surface area contributed by atoms with Gasteiger partial charge in [0.2, 0.25) is 7.55 Å². The predicted octanol–water partition coefficient (Wildman–Crippen LogP) is 0.283. The molecule has 1 aliphatic rings. The van der Waals surface area contributed by atoms with Crippen molar-refractivity contribution in [3.8, 4) is 0 Å². The Morgan fingerprint density at radius 2 is 2.38 bits per heavy atom. The lowest BCUT2D eigenvalue weighted by Gasteiger charge is -2.21. The molecular weight excluding hydrogens is 154 g/mol. The van der Waals surface area contributed by atoms with E-state index in [2.05, 4.69) is 10.8 Å². The van der Waals surface area contributed by atoms with E-state index in [4.69, 9.17) is 11.1 Å². The third kappa shape index (κ3) is 1.15. The van der Waals surface area contributed by atoms with Crippen LogP contribution in [0.3, 0.4) is 0 Å². The molecule has 1 rings (SSSR count). The minimum Gasteiger partial charge on any atom is -0.341 e.